The summed E-state index contributed by atoms with van der Waals surface area (Å²) in [5.41, 5.74) is 17.0. The van der Waals surface area contributed by atoms with Gasteiger partial charge in [-0.25, -0.2) is 0 Å². The molecule has 4 heteroatoms. The van der Waals surface area contributed by atoms with Crippen molar-refractivity contribution in [2.45, 2.75) is 0 Å². The van der Waals surface area contributed by atoms with E-state index in [2.05, 4.69) is 265 Å². The Labute approximate surface area is 427 Å². The van der Waals surface area contributed by atoms with Crippen LogP contribution in [0.3, 0.4) is 0 Å². The van der Waals surface area contributed by atoms with E-state index in [0.717, 1.165) is 87.7 Å². The summed E-state index contributed by atoms with van der Waals surface area (Å²) in [7, 11) is -3.29. The highest BCUT2D eigenvalue weighted by Crippen LogP contribution is 2.43. The number of hydrogen-bond acceptors (Lipinski definition) is 2. The monoisotopic (exact) mass is 957 g/mol. The normalized spacial score (nSPS) is 11.9. The van der Waals surface area contributed by atoms with Crippen molar-refractivity contribution in [3.8, 4) is 39.4 Å². The lowest BCUT2D eigenvalue weighted by atomic mass is 9.94. The number of nitrogens with zero attached hydrogens (tertiary/aromatic N) is 1. The SMILES string of the molecule is C(#C[Si](c1ccccc1)(c1ccc2oc3ccccc3c2c1)c1ccc2oc3ccccc3c2c1)c1c2ccccc2c(-n2c3ccc(-c4ccccc4)cc3c3cc(-c4ccccc4)ccc32)c2ccccc12. The Kier molecular flexibility index (Phi) is 9.50. The molecule has 0 atom stereocenters. The molecule has 3 heterocycles. The van der Waals surface area contributed by atoms with Crippen molar-refractivity contribution in [3.63, 3.8) is 0 Å². The van der Waals surface area contributed by atoms with Crippen LogP contribution in [0, 0.1) is 11.5 Å². The van der Waals surface area contributed by atoms with Crippen LogP contribution >= 0.6 is 0 Å². The molecule has 0 aliphatic rings. The number of benzene rings is 12. The maximum absolute atomic E-state index is 6.47. The van der Waals surface area contributed by atoms with E-state index in [4.69, 9.17) is 8.83 Å². The number of furan rings is 2. The third kappa shape index (κ3) is 6.47. The summed E-state index contributed by atoms with van der Waals surface area (Å²) < 4.78 is 15.4. The number of hydrogen-bond donors (Lipinski definition) is 0. The lowest BCUT2D eigenvalue weighted by Gasteiger charge is -2.28. The molecule has 0 bridgehead atoms. The lowest BCUT2D eigenvalue weighted by molar-refractivity contribution is 0.668. The molecule has 0 spiro atoms. The molecular formula is C70H43NO2Si. The van der Waals surface area contributed by atoms with Crippen molar-refractivity contribution >= 4 is 111 Å². The first-order valence-electron chi connectivity index (χ1n) is 25.2. The molecule has 74 heavy (non-hydrogen) atoms. The largest absolute Gasteiger partial charge is 0.456 e. The van der Waals surface area contributed by atoms with E-state index in [1.807, 2.05) is 12.1 Å². The topological polar surface area (TPSA) is 31.2 Å². The Bertz CT molecular complexity index is 4520. The zero-order valence-electron chi connectivity index (χ0n) is 40.1. The quantitative estimate of drug-likeness (QED) is 0.0720. The highest BCUT2D eigenvalue weighted by atomic mass is 28.3. The van der Waals surface area contributed by atoms with Crippen molar-refractivity contribution < 1.29 is 8.83 Å². The van der Waals surface area contributed by atoms with Gasteiger partial charge in [-0.15, -0.1) is 5.54 Å². The molecule has 0 unspecified atom stereocenters. The predicted octanol–water partition coefficient (Wildman–Crippen LogP) is 16.3. The predicted molar refractivity (Wildman–Crippen MR) is 312 cm³/mol. The van der Waals surface area contributed by atoms with Crippen molar-refractivity contribution in [1.82, 2.24) is 4.57 Å². The van der Waals surface area contributed by atoms with Gasteiger partial charge < -0.3 is 13.4 Å². The van der Waals surface area contributed by atoms with Crippen LogP contribution in [0.25, 0.3) is 115 Å². The molecule has 344 valence electrons. The fraction of sp³-hybridized carbons (Fsp3) is 0. The number of aromatic nitrogens is 1. The summed E-state index contributed by atoms with van der Waals surface area (Å²) in [5, 5.41) is 14.8. The van der Waals surface area contributed by atoms with E-state index >= 15 is 0 Å². The zero-order valence-corrected chi connectivity index (χ0v) is 41.1. The zero-order chi connectivity index (χ0) is 48.7. The first kappa shape index (κ1) is 42.1. The highest BCUT2D eigenvalue weighted by molar-refractivity contribution is 7.17. The Morgan fingerprint density at radius 2 is 0.689 bits per heavy atom. The van der Waals surface area contributed by atoms with Gasteiger partial charge in [0, 0.05) is 59.4 Å². The fourth-order valence-electron chi connectivity index (χ4n) is 11.8. The summed E-state index contributed by atoms with van der Waals surface area (Å²) in [6.07, 6.45) is 0. The minimum absolute atomic E-state index is 0.861. The average Bonchev–Trinajstić information content (AvgIpc) is 4.15. The van der Waals surface area contributed by atoms with Gasteiger partial charge in [-0.2, -0.15) is 0 Å². The summed E-state index contributed by atoms with van der Waals surface area (Å²) in [4.78, 5) is 0. The molecule has 15 rings (SSSR count). The Morgan fingerprint density at radius 1 is 0.284 bits per heavy atom. The van der Waals surface area contributed by atoms with Gasteiger partial charge in [0.25, 0.3) is 0 Å². The van der Waals surface area contributed by atoms with Gasteiger partial charge in [-0.05, 0) is 98.5 Å². The van der Waals surface area contributed by atoms with Gasteiger partial charge in [0.2, 0.25) is 8.07 Å². The minimum atomic E-state index is -3.29. The lowest BCUT2D eigenvalue weighted by Crippen LogP contribution is -2.66. The van der Waals surface area contributed by atoms with Crippen LogP contribution in [0.4, 0.5) is 0 Å². The molecule has 0 aliphatic carbocycles. The third-order valence-electron chi connectivity index (χ3n) is 15.3. The van der Waals surface area contributed by atoms with Gasteiger partial charge in [-0.3, -0.25) is 0 Å². The first-order chi connectivity index (χ1) is 36.7. The molecule has 3 aromatic heterocycles. The van der Waals surface area contributed by atoms with Crippen molar-refractivity contribution in [3.05, 3.63) is 266 Å². The standard InChI is InChI=1S/C70H43NO2Si/c1-4-18-46(19-5-1)48-32-36-64-60(42-48)61-43-49(47-20-6-2-7-21-47)33-37-65(61)71(64)70-58-28-12-10-24-53(58)55(54-25-11-13-29-59(54)70)40-41-74(50-22-8-3-9-23-50,51-34-38-68-62(44-51)56-26-14-16-30-66(56)72-68)52-35-39-69-63(45-52)57-27-15-17-31-67(57)73-69/h1-39,42-45H. The maximum atomic E-state index is 6.47. The molecule has 0 saturated heterocycles. The Hall–Kier alpha value is -9.66. The molecule has 0 amide bonds. The Balaban J connectivity index is 1.03. The summed E-state index contributed by atoms with van der Waals surface area (Å²) in [5.74, 6) is 4.08. The fourth-order valence-corrected chi connectivity index (χ4v) is 15.7. The maximum Gasteiger partial charge on any atom is 0.230 e. The van der Waals surface area contributed by atoms with E-state index in [1.165, 1.54) is 48.6 Å². The van der Waals surface area contributed by atoms with Gasteiger partial charge in [0.1, 0.15) is 22.3 Å². The molecule has 15 aromatic rings. The smallest absolute Gasteiger partial charge is 0.230 e. The molecule has 0 N–H and O–H groups in total. The van der Waals surface area contributed by atoms with E-state index in [1.54, 1.807) is 0 Å². The van der Waals surface area contributed by atoms with Crippen molar-refractivity contribution in [2.24, 2.45) is 0 Å². The number of rotatable bonds is 6. The van der Waals surface area contributed by atoms with Crippen molar-refractivity contribution in [2.75, 3.05) is 0 Å². The number of para-hydroxylation sites is 2. The van der Waals surface area contributed by atoms with Gasteiger partial charge in [0.05, 0.1) is 16.7 Å². The highest BCUT2D eigenvalue weighted by Gasteiger charge is 2.40. The van der Waals surface area contributed by atoms with Crippen LogP contribution in [0.1, 0.15) is 5.56 Å². The van der Waals surface area contributed by atoms with Crippen LogP contribution < -0.4 is 15.6 Å². The molecule has 0 radical (unpaired) electrons. The Morgan fingerprint density at radius 3 is 1.18 bits per heavy atom. The molecule has 0 fully saturated rings. The van der Waals surface area contributed by atoms with E-state index < -0.39 is 8.07 Å². The van der Waals surface area contributed by atoms with Gasteiger partial charge >= 0.3 is 0 Å². The molecular weight excluding hydrogens is 915 g/mol. The molecule has 0 aliphatic heterocycles. The summed E-state index contributed by atoms with van der Waals surface area (Å²) in [6, 6.07) is 94.4. The van der Waals surface area contributed by atoms with Crippen LogP contribution in [0.5, 0.6) is 0 Å². The van der Waals surface area contributed by atoms with Crippen LogP contribution in [0.15, 0.2) is 270 Å². The average molecular weight is 958 g/mol. The summed E-state index contributed by atoms with van der Waals surface area (Å²) >= 11 is 0. The number of fused-ring (bicyclic) bond motifs is 11. The van der Waals surface area contributed by atoms with E-state index in [0.29, 0.717) is 0 Å². The molecule has 12 aromatic carbocycles. The first-order valence-corrected chi connectivity index (χ1v) is 27.2. The van der Waals surface area contributed by atoms with Crippen LogP contribution in [-0.2, 0) is 0 Å². The van der Waals surface area contributed by atoms with Gasteiger partial charge in [-0.1, -0.05) is 206 Å². The van der Waals surface area contributed by atoms with Gasteiger partial charge in [0.15, 0.2) is 0 Å². The van der Waals surface area contributed by atoms with Crippen molar-refractivity contribution in [1.29, 1.82) is 0 Å². The summed E-state index contributed by atoms with van der Waals surface area (Å²) in [6.45, 7) is 0. The second-order valence-corrected chi connectivity index (χ2v) is 22.8. The third-order valence-corrected chi connectivity index (χ3v) is 19.4. The van der Waals surface area contributed by atoms with Crippen LogP contribution in [0.2, 0.25) is 0 Å². The molecule has 0 saturated carbocycles. The minimum Gasteiger partial charge on any atom is -0.456 e. The van der Waals surface area contributed by atoms with E-state index in [-0.39, 0.29) is 0 Å². The van der Waals surface area contributed by atoms with E-state index in [9.17, 15) is 0 Å². The van der Waals surface area contributed by atoms with Crippen LogP contribution in [-0.4, -0.2) is 12.6 Å². The second-order valence-electron chi connectivity index (χ2n) is 19.3. The second kappa shape index (κ2) is 16.7. The molecule has 3 nitrogen and oxygen atoms in total.